The van der Waals surface area contributed by atoms with Crippen LogP contribution in [0.25, 0.3) is 0 Å². The third kappa shape index (κ3) is 5.93. The topological polar surface area (TPSA) is 98.6 Å². The van der Waals surface area contributed by atoms with Crippen LogP contribution in [-0.4, -0.2) is 57.3 Å². The Morgan fingerprint density at radius 3 is 2.73 bits per heavy atom. The summed E-state index contributed by atoms with van der Waals surface area (Å²) in [6.45, 7) is 5.75. The number of aryl methyl sites for hydroxylation is 2. The van der Waals surface area contributed by atoms with Gasteiger partial charge in [0.1, 0.15) is 18.4 Å². The maximum atomic E-state index is 13.0. The van der Waals surface area contributed by atoms with Crippen molar-refractivity contribution < 1.29 is 19.1 Å². The Morgan fingerprint density at radius 1 is 1.14 bits per heavy atom. The van der Waals surface area contributed by atoms with E-state index in [1.165, 1.54) is 5.56 Å². The van der Waals surface area contributed by atoms with Crippen LogP contribution in [0.4, 0.5) is 5.69 Å². The first-order valence-corrected chi connectivity index (χ1v) is 12.8. The minimum atomic E-state index is -0.190. The fourth-order valence-electron chi connectivity index (χ4n) is 5.03. The fraction of sp³-hybridized carbons (Fsp3) is 0.429. The van der Waals surface area contributed by atoms with Gasteiger partial charge in [0.25, 0.3) is 0 Å². The molecule has 2 unspecified atom stereocenters. The summed E-state index contributed by atoms with van der Waals surface area (Å²) in [5.41, 5.74) is 2.66. The number of anilines is 1. The van der Waals surface area contributed by atoms with Crippen LogP contribution in [0.5, 0.6) is 11.6 Å². The lowest BCUT2D eigenvalue weighted by Gasteiger charge is -2.46. The van der Waals surface area contributed by atoms with Crippen molar-refractivity contribution in [3.8, 4) is 11.6 Å². The molecule has 2 fully saturated rings. The number of hydrogen-bond acceptors (Lipinski definition) is 6. The third-order valence-electron chi connectivity index (χ3n) is 7.28. The van der Waals surface area contributed by atoms with Crippen LogP contribution in [0, 0.1) is 19.3 Å². The molecule has 3 aromatic rings. The number of nitrogens with zero attached hydrogens (tertiary/aromatic N) is 4. The first-order chi connectivity index (χ1) is 17.9. The van der Waals surface area contributed by atoms with E-state index in [9.17, 15) is 9.59 Å². The summed E-state index contributed by atoms with van der Waals surface area (Å²) in [4.78, 5) is 31.4. The minimum Gasteiger partial charge on any atom is -0.490 e. The van der Waals surface area contributed by atoms with E-state index in [1.807, 2.05) is 36.1 Å². The van der Waals surface area contributed by atoms with Crippen molar-refractivity contribution in [2.24, 2.45) is 5.41 Å². The largest absolute Gasteiger partial charge is 0.490 e. The van der Waals surface area contributed by atoms with Gasteiger partial charge < -0.3 is 19.7 Å². The van der Waals surface area contributed by atoms with Crippen molar-refractivity contribution >= 4 is 17.5 Å². The predicted molar refractivity (Wildman–Crippen MR) is 138 cm³/mol. The highest BCUT2D eigenvalue weighted by Gasteiger charge is 2.53. The second-order valence-electron chi connectivity index (χ2n) is 10.1. The van der Waals surface area contributed by atoms with E-state index in [2.05, 4.69) is 34.5 Å². The number of benzene rings is 1. The first-order valence-electron chi connectivity index (χ1n) is 12.8. The molecule has 37 heavy (non-hydrogen) atoms. The zero-order chi connectivity index (χ0) is 25.8. The summed E-state index contributed by atoms with van der Waals surface area (Å²) in [5, 5.41) is 7.06. The van der Waals surface area contributed by atoms with Crippen molar-refractivity contribution in [3.63, 3.8) is 0 Å². The maximum Gasteiger partial charge on any atom is 0.244 e. The number of nitrogens with one attached hydrogen (secondary N) is 1. The molecule has 3 heterocycles. The lowest BCUT2D eigenvalue weighted by atomic mass is 9.65. The smallest absolute Gasteiger partial charge is 0.244 e. The highest BCUT2D eigenvalue weighted by Crippen LogP contribution is 2.50. The molecule has 9 nitrogen and oxygen atoms in total. The Hall–Kier alpha value is -3.88. The van der Waals surface area contributed by atoms with Crippen LogP contribution in [0.1, 0.15) is 36.9 Å². The number of aromatic nitrogens is 3. The van der Waals surface area contributed by atoms with Crippen LogP contribution in [0.2, 0.25) is 0 Å². The van der Waals surface area contributed by atoms with Crippen molar-refractivity contribution in [3.05, 3.63) is 66.1 Å². The van der Waals surface area contributed by atoms with E-state index in [0.717, 1.165) is 37.3 Å². The standard InChI is InChI=1S/C28H33N5O4/c1-20-6-8-23(9-7-20)37-24-10-12-28(24)13-14-32(19-28)27(35)18-33-17-22(16-29-33)31-25(34)11-15-36-26-5-3-4-21(2)30-26/h3-9,16-17,24H,10-15,18-19H2,1-2H3,(H,31,34). The van der Waals surface area contributed by atoms with E-state index in [4.69, 9.17) is 9.47 Å². The molecule has 2 atom stereocenters. The lowest BCUT2D eigenvalue weighted by molar-refractivity contribution is -0.132. The molecule has 0 bridgehead atoms. The normalized spacial score (nSPS) is 20.5. The second kappa shape index (κ2) is 10.6. The van der Waals surface area contributed by atoms with Crippen LogP contribution in [0.3, 0.4) is 0 Å². The molecule has 2 aromatic heterocycles. The zero-order valence-electron chi connectivity index (χ0n) is 21.4. The minimum absolute atomic E-state index is 0.0258. The Bertz CT molecular complexity index is 1260. The molecular formula is C28H33N5O4. The van der Waals surface area contributed by atoms with E-state index in [1.54, 1.807) is 23.1 Å². The molecule has 194 valence electrons. The van der Waals surface area contributed by atoms with Gasteiger partial charge >= 0.3 is 0 Å². The van der Waals surface area contributed by atoms with Gasteiger partial charge in [-0.05, 0) is 51.3 Å². The van der Waals surface area contributed by atoms with Crippen molar-refractivity contribution in [1.29, 1.82) is 0 Å². The summed E-state index contributed by atoms with van der Waals surface area (Å²) < 4.78 is 13.4. The molecule has 1 aliphatic heterocycles. The average molecular weight is 504 g/mol. The number of carbonyl (C=O) groups excluding carboxylic acids is 2. The van der Waals surface area contributed by atoms with E-state index in [-0.39, 0.29) is 42.9 Å². The Kier molecular flexibility index (Phi) is 7.12. The molecular weight excluding hydrogens is 470 g/mol. The molecule has 1 saturated heterocycles. The molecule has 0 radical (unpaired) electrons. The van der Waals surface area contributed by atoms with Gasteiger partial charge in [-0.25, -0.2) is 4.98 Å². The summed E-state index contributed by atoms with van der Waals surface area (Å²) in [5.74, 6) is 1.23. The van der Waals surface area contributed by atoms with Crippen LogP contribution < -0.4 is 14.8 Å². The summed E-state index contributed by atoms with van der Waals surface area (Å²) in [6.07, 6.45) is 6.61. The SMILES string of the molecule is Cc1ccc(OC2CCC23CCN(C(=O)Cn2cc(NC(=O)CCOc4cccc(C)n4)cn2)C3)cc1. The number of ether oxygens (including phenoxy) is 2. The van der Waals surface area contributed by atoms with Gasteiger partial charge in [-0.3, -0.25) is 14.3 Å². The number of hydrogen-bond donors (Lipinski definition) is 1. The van der Waals surface area contributed by atoms with Gasteiger partial charge in [0.2, 0.25) is 17.7 Å². The molecule has 1 aromatic carbocycles. The summed E-state index contributed by atoms with van der Waals surface area (Å²) in [7, 11) is 0. The zero-order valence-corrected chi connectivity index (χ0v) is 21.4. The molecule has 1 aliphatic carbocycles. The van der Waals surface area contributed by atoms with Crippen molar-refractivity contribution in [2.45, 2.75) is 52.2 Å². The quantitative estimate of drug-likeness (QED) is 0.477. The molecule has 1 saturated carbocycles. The lowest BCUT2D eigenvalue weighted by Crippen LogP contribution is -2.50. The van der Waals surface area contributed by atoms with Crippen molar-refractivity contribution in [2.75, 3.05) is 25.0 Å². The summed E-state index contributed by atoms with van der Waals surface area (Å²) in [6, 6.07) is 13.7. The van der Waals surface area contributed by atoms with Gasteiger partial charge in [-0.1, -0.05) is 23.8 Å². The van der Waals surface area contributed by atoms with Crippen molar-refractivity contribution in [1.82, 2.24) is 19.7 Å². The first kappa shape index (κ1) is 24.8. The Balaban J connectivity index is 1.07. The van der Waals surface area contributed by atoms with Crippen LogP contribution >= 0.6 is 0 Å². The highest BCUT2D eigenvalue weighted by atomic mass is 16.5. The predicted octanol–water partition coefficient (Wildman–Crippen LogP) is 3.76. The third-order valence-corrected chi connectivity index (χ3v) is 7.28. The average Bonchev–Trinajstić information content (AvgIpc) is 3.52. The summed E-state index contributed by atoms with van der Waals surface area (Å²) >= 11 is 0. The number of likely N-dealkylation sites (tertiary alicyclic amines) is 1. The molecule has 9 heteroatoms. The molecule has 1 N–H and O–H groups in total. The van der Waals surface area contributed by atoms with Gasteiger partial charge in [0, 0.05) is 36.5 Å². The van der Waals surface area contributed by atoms with Gasteiger partial charge in [-0.2, -0.15) is 5.10 Å². The fourth-order valence-corrected chi connectivity index (χ4v) is 5.03. The van der Waals surface area contributed by atoms with Gasteiger partial charge in [-0.15, -0.1) is 0 Å². The van der Waals surface area contributed by atoms with Crippen LogP contribution in [-0.2, 0) is 16.1 Å². The molecule has 1 spiro atoms. The van der Waals surface area contributed by atoms with E-state index >= 15 is 0 Å². The van der Waals surface area contributed by atoms with Crippen LogP contribution in [0.15, 0.2) is 54.9 Å². The molecule has 2 amide bonds. The molecule has 2 aliphatic rings. The van der Waals surface area contributed by atoms with E-state index < -0.39 is 0 Å². The Labute approximate surface area is 216 Å². The second-order valence-corrected chi connectivity index (χ2v) is 10.1. The van der Waals surface area contributed by atoms with Gasteiger partial charge in [0.05, 0.1) is 24.9 Å². The highest BCUT2D eigenvalue weighted by molar-refractivity contribution is 5.90. The van der Waals surface area contributed by atoms with Gasteiger partial charge in [0.15, 0.2) is 0 Å². The molecule has 5 rings (SSSR count). The number of carbonyl (C=O) groups is 2. The number of rotatable bonds is 9. The Morgan fingerprint density at radius 2 is 1.97 bits per heavy atom. The van der Waals surface area contributed by atoms with E-state index in [0.29, 0.717) is 18.1 Å². The number of amides is 2. The number of pyridine rings is 1. The maximum absolute atomic E-state index is 13.0. The monoisotopic (exact) mass is 503 g/mol.